The Kier molecular flexibility index (Phi) is 4.39. The van der Waals surface area contributed by atoms with Gasteiger partial charge in [-0.1, -0.05) is 11.6 Å². The second kappa shape index (κ2) is 5.43. The quantitative estimate of drug-likeness (QED) is 0.925. The van der Waals surface area contributed by atoms with E-state index in [1.807, 2.05) is 0 Å². The number of carbonyl (C=O) groups excluding carboxylic acids is 1. The third kappa shape index (κ3) is 4.06. The number of carbonyl (C=O) groups is 1. The van der Waals surface area contributed by atoms with E-state index in [2.05, 4.69) is 4.98 Å². The molecule has 0 atom stereocenters. The molecule has 0 aromatic carbocycles. The van der Waals surface area contributed by atoms with E-state index in [-0.39, 0.29) is 16.5 Å². The molecule has 0 radical (unpaired) electrons. The molecule has 0 fully saturated rings. The third-order valence-electron chi connectivity index (χ3n) is 2.15. The molecule has 0 aliphatic carbocycles. The van der Waals surface area contributed by atoms with E-state index in [0.717, 1.165) is 4.90 Å². The molecule has 1 amide bonds. The number of rotatable bonds is 3. The van der Waals surface area contributed by atoms with Crippen molar-refractivity contribution < 1.29 is 18.0 Å². The van der Waals surface area contributed by atoms with Gasteiger partial charge in [0.25, 0.3) is 5.91 Å². The summed E-state index contributed by atoms with van der Waals surface area (Å²) >= 11 is 5.74. The van der Waals surface area contributed by atoms with Gasteiger partial charge in [0, 0.05) is 13.6 Å². The average molecular weight is 282 g/mol. The second-order valence-electron chi connectivity index (χ2n) is 3.66. The van der Waals surface area contributed by atoms with Gasteiger partial charge in [0.1, 0.15) is 11.5 Å². The Bertz CT molecular complexity index is 450. The standard InChI is InChI=1S/C10H11ClF3N3O/c1-17(5-4-10(12,13)14)9(18)8-6(11)2-3-7(15)16-8/h2-3H,4-5H2,1H3,(H2,15,16). The molecule has 100 valence electrons. The molecule has 0 aliphatic rings. The van der Waals surface area contributed by atoms with Gasteiger partial charge in [-0.25, -0.2) is 4.98 Å². The molecule has 1 rings (SSSR count). The van der Waals surface area contributed by atoms with E-state index in [4.69, 9.17) is 17.3 Å². The van der Waals surface area contributed by atoms with Crippen LogP contribution < -0.4 is 5.73 Å². The number of hydrogen-bond donors (Lipinski definition) is 1. The maximum absolute atomic E-state index is 12.0. The Hall–Kier alpha value is -1.50. The van der Waals surface area contributed by atoms with E-state index in [1.165, 1.54) is 19.2 Å². The Morgan fingerprint density at radius 2 is 2.11 bits per heavy atom. The molecular weight excluding hydrogens is 271 g/mol. The van der Waals surface area contributed by atoms with E-state index in [0.29, 0.717) is 0 Å². The van der Waals surface area contributed by atoms with Crippen LogP contribution in [0.2, 0.25) is 5.02 Å². The number of pyridine rings is 1. The number of aromatic nitrogens is 1. The molecule has 8 heteroatoms. The molecule has 1 aromatic rings. The molecule has 1 aromatic heterocycles. The van der Waals surface area contributed by atoms with Gasteiger partial charge in [0.2, 0.25) is 0 Å². The fraction of sp³-hybridized carbons (Fsp3) is 0.400. The highest BCUT2D eigenvalue weighted by atomic mass is 35.5. The molecule has 4 nitrogen and oxygen atoms in total. The van der Waals surface area contributed by atoms with Crippen LogP contribution in [-0.4, -0.2) is 35.6 Å². The highest BCUT2D eigenvalue weighted by molar-refractivity contribution is 6.33. The summed E-state index contributed by atoms with van der Waals surface area (Å²) in [6.07, 6.45) is -5.41. The summed E-state index contributed by atoms with van der Waals surface area (Å²) in [6, 6.07) is 2.77. The molecule has 0 spiro atoms. The number of halogens is 4. The first kappa shape index (κ1) is 14.6. The summed E-state index contributed by atoms with van der Waals surface area (Å²) < 4.78 is 36.1. The molecule has 1 heterocycles. The largest absolute Gasteiger partial charge is 0.390 e. The van der Waals surface area contributed by atoms with Crippen LogP contribution in [0.3, 0.4) is 0 Å². The minimum Gasteiger partial charge on any atom is -0.384 e. The second-order valence-corrected chi connectivity index (χ2v) is 4.07. The van der Waals surface area contributed by atoms with Crippen molar-refractivity contribution in [2.75, 3.05) is 19.3 Å². The number of anilines is 1. The van der Waals surface area contributed by atoms with E-state index >= 15 is 0 Å². The SMILES string of the molecule is CN(CCC(F)(F)F)C(=O)c1nc(N)ccc1Cl. The van der Waals surface area contributed by atoms with Crippen molar-refractivity contribution in [2.24, 2.45) is 0 Å². The molecule has 0 aliphatic heterocycles. The van der Waals surface area contributed by atoms with Gasteiger partial charge in [-0.15, -0.1) is 0 Å². The predicted octanol–water partition coefficient (Wildman–Crippen LogP) is 2.34. The summed E-state index contributed by atoms with van der Waals surface area (Å²) in [5, 5.41) is 0.0491. The summed E-state index contributed by atoms with van der Waals surface area (Å²) in [4.78, 5) is 16.4. The van der Waals surface area contributed by atoms with Crippen molar-refractivity contribution in [3.05, 3.63) is 22.8 Å². The molecule has 0 saturated carbocycles. The topological polar surface area (TPSA) is 59.2 Å². The van der Waals surface area contributed by atoms with E-state index in [1.54, 1.807) is 0 Å². The van der Waals surface area contributed by atoms with Crippen LogP contribution in [0.1, 0.15) is 16.9 Å². The monoisotopic (exact) mass is 281 g/mol. The average Bonchev–Trinajstić information content (AvgIpc) is 2.27. The lowest BCUT2D eigenvalue weighted by atomic mass is 10.3. The summed E-state index contributed by atoms with van der Waals surface area (Å²) in [6.45, 7) is -0.463. The van der Waals surface area contributed by atoms with Gasteiger partial charge in [-0.3, -0.25) is 4.79 Å². The summed E-state index contributed by atoms with van der Waals surface area (Å²) in [5.41, 5.74) is 5.24. The van der Waals surface area contributed by atoms with Crippen molar-refractivity contribution >= 4 is 23.3 Å². The first-order valence-corrected chi connectivity index (χ1v) is 5.33. The molecular formula is C10H11ClF3N3O. The minimum absolute atomic E-state index is 0.0491. The van der Waals surface area contributed by atoms with Crippen LogP contribution in [0, 0.1) is 0 Å². The Balaban J connectivity index is 2.77. The first-order chi connectivity index (χ1) is 8.20. The fourth-order valence-electron chi connectivity index (χ4n) is 1.18. The summed E-state index contributed by atoms with van der Waals surface area (Å²) in [5.74, 6) is -0.622. The smallest absolute Gasteiger partial charge is 0.384 e. The normalized spacial score (nSPS) is 11.4. The number of alkyl halides is 3. The van der Waals surface area contributed by atoms with Crippen LogP contribution in [0.4, 0.5) is 19.0 Å². The maximum Gasteiger partial charge on any atom is 0.390 e. The van der Waals surface area contributed by atoms with Crippen molar-refractivity contribution in [1.29, 1.82) is 0 Å². The Morgan fingerprint density at radius 1 is 1.50 bits per heavy atom. The molecule has 2 N–H and O–H groups in total. The molecule has 18 heavy (non-hydrogen) atoms. The van der Waals surface area contributed by atoms with Gasteiger partial charge >= 0.3 is 6.18 Å². The molecule has 0 saturated heterocycles. The number of nitrogen functional groups attached to an aromatic ring is 1. The van der Waals surface area contributed by atoms with Crippen molar-refractivity contribution in [2.45, 2.75) is 12.6 Å². The van der Waals surface area contributed by atoms with E-state index in [9.17, 15) is 18.0 Å². The van der Waals surface area contributed by atoms with Crippen LogP contribution in [-0.2, 0) is 0 Å². The number of amides is 1. The number of hydrogen-bond acceptors (Lipinski definition) is 3. The summed E-state index contributed by atoms with van der Waals surface area (Å²) in [7, 11) is 1.25. The van der Waals surface area contributed by atoms with Gasteiger partial charge in [0.15, 0.2) is 0 Å². The zero-order valence-electron chi connectivity index (χ0n) is 9.46. The Labute approximate surface area is 107 Å². The molecule has 0 bridgehead atoms. The van der Waals surface area contributed by atoms with Crippen LogP contribution >= 0.6 is 11.6 Å². The van der Waals surface area contributed by atoms with Gasteiger partial charge in [-0.05, 0) is 12.1 Å². The highest BCUT2D eigenvalue weighted by Crippen LogP contribution is 2.21. The van der Waals surface area contributed by atoms with Crippen LogP contribution in [0.5, 0.6) is 0 Å². The number of nitrogens with zero attached hydrogens (tertiary/aromatic N) is 2. The molecule has 0 unspecified atom stereocenters. The van der Waals surface area contributed by atoms with Crippen LogP contribution in [0.25, 0.3) is 0 Å². The van der Waals surface area contributed by atoms with Crippen molar-refractivity contribution in [1.82, 2.24) is 9.88 Å². The van der Waals surface area contributed by atoms with Crippen molar-refractivity contribution in [3.8, 4) is 0 Å². The van der Waals surface area contributed by atoms with Gasteiger partial charge < -0.3 is 10.6 Å². The number of nitrogens with two attached hydrogens (primary N) is 1. The maximum atomic E-state index is 12.0. The lowest BCUT2D eigenvalue weighted by Crippen LogP contribution is -2.31. The highest BCUT2D eigenvalue weighted by Gasteiger charge is 2.28. The van der Waals surface area contributed by atoms with Gasteiger partial charge in [0.05, 0.1) is 11.4 Å². The predicted molar refractivity (Wildman–Crippen MR) is 61.3 cm³/mol. The fourth-order valence-corrected chi connectivity index (χ4v) is 1.37. The minimum atomic E-state index is -4.32. The van der Waals surface area contributed by atoms with E-state index < -0.39 is 25.0 Å². The third-order valence-corrected chi connectivity index (χ3v) is 2.45. The Morgan fingerprint density at radius 3 is 2.67 bits per heavy atom. The van der Waals surface area contributed by atoms with Crippen molar-refractivity contribution in [3.63, 3.8) is 0 Å². The first-order valence-electron chi connectivity index (χ1n) is 4.95. The zero-order chi connectivity index (χ0) is 13.9. The lowest BCUT2D eigenvalue weighted by molar-refractivity contribution is -0.136. The lowest BCUT2D eigenvalue weighted by Gasteiger charge is -2.18. The van der Waals surface area contributed by atoms with Crippen LogP contribution in [0.15, 0.2) is 12.1 Å². The van der Waals surface area contributed by atoms with Gasteiger partial charge in [-0.2, -0.15) is 13.2 Å². The zero-order valence-corrected chi connectivity index (χ0v) is 10.2.